The smallest absolute Gasteiger partial charge is 0.118 e. The van der Waals surface area contributed by atoms with Crippen LogP contribution in [-0.4, -0.2) is 25.4 Å². The summed E-state index contributed by atoms with van der Waals surface area (Å²) < 4.78 is 10.4. The van der Waals surface area contributed by atoms with E-state index < -0.39 is 6.10 Å². The summed E-state index contributed by atoms with van der Waals surface area (Å²) in [5.74, 6) is 0.792. The van der Waals surface area contributed by atoms with Crippen LogP contribution >= 0.6 is 0 Å². The SMILES string of the molecule is CCCC(OC)C(O)c1ccc(OC)cc1. The maximum atomic E-state index is 10.1. The van der Waals surface area contributed by atoms with Crippen LogP contribution < -0.4 is 4.74 Å². The van der Waals surface area contributed by atoms with Gasteiger partial charge in [-0.3, -0.25) is 0 Å². The Balaban J connectivity index is 2.73. The van der Waals surface area contributed by atoms with Crippen molar-refractivity contribution in [3.8, 4) is 5.75 Å². The van der Waals surface area contributed by atoms with Crippen LogP contribution in [0.15, 0.2) is 24.3 Å². The first kappa shape index (κ1) is 13.0. The fraction of sp³-hybridized carbons (Fsp3) is 0.538. The quantitative estimate of drug-likeness (QED) is 0.807. The Hall–Kier alpha value is -1.06. The van der Waals surface area contributed by atoms with Crippen LogP contribution in [0.4, 0.5) is 0 Å². The molecule has 2 atom stereocenters. The van der Waals surface area contributed by atoms with Gasteiger partial charge in [0.1, 0.15) is 11.9 Å². The molecule has 0 spiro atoms. The average molecular weight is 224 g/mol. The van der Waals surface area contributed by atoms with E-state index in [1.54, 1.807) is 14.2 Å². The molecule has 90 valence electrons. The number of methoxy groups -OCH3 is 2. The molecule has 0 aliphatic carbocycles. The molecule has 0 aliphatic rings. The number of aliphatic hydroxyl groups is 1. The van der Waals surface area contributed by atoms with Crippen molar-refractivity contribution in [2.45, 2.75) is 32.0 Å². The number of hydrogen-bond acceptors (Lipinski definition) is 3. The maximum absolute atomic E-state index is 10.1. The molecule has 0 aliphatic heterocycles. The third kappa shape index (κ3) is 3.22. The van der Waals surface area contributed by atoms with Gasteiger partial charge in [-0.05, 0) is 24.1 Å². The molecule has 3 nitrogen and oxygen atoms in total. The largest absolute Gasteiger partial charge is 0.497 e. The first-order chi connectivity index (χ1) is 7.72. The van der Waals surface area contributed by atoms with Gasteiger partial charge >= 0.3 is 0 Å². The van der Waals surface area contributed by atoms with Crippen molar-refractivity contribution >= 4 is 0 Å². The van der Waals surface area contributed by atoms with E-state index in [-0.39, 0.29) is 6.10 Å². The summed E-state index contributed by atoms with van der Waals surface area (Å²) in [6, 6.07) is 7.42. The molecule has 1 aromatic carbocycles. The maximum Gasteiger partial charge on any atom is 0.118 e. The molecule has 0 aromatic heterocycles. The first-order valence-corrected chi connectivity index (χ1v) is 5.57. The number of benzene rings is 1. The van der Waals surface area contributed by atoms with Crippen molar-refractivity contribution in [3.05, 3.63) is 29.8 Å². The lowest BCUT2D eigenvalue weighted by atomic mass is 10.0. The summed E-state index contributed by atoms with van der Waals surface area (Å²) in [6.07, 6.45) is 1.13. The van der Waals surface area contributed by atoms with Crippen LogP contribution in [-0.2, 0) is 4.74 Å². The van der Waals surface area contributed by atoms with Gasteiger partial charge in [-0.1, -0.05) is 25.5 Å². The number of rotatable bonds is 6. The van der Waals surface area contributed by atoms with Crippen LogP contribution in [0.25, 0.3) is 0 Å². The predicted octanol–water partition coefficient (Wildman–Crippen LogP) is 2.54. The van der Waals surface area contributed by atoms with Gasteiger partial charge in [0.15, 0.2) is 0 Å². The zero-order chi connectivity index (χ0) is 12.0. The number of hydrogen-bond donors (Lipinski definition) is 1. The van der Waals surface area contributed by atoms with Crippen molar-refractivity contribution in [1.82, 2.24) is 0 Å². The summed E-state index contributed by atoms with van der Waals surface area (Å²) in [5, 5.41) is 10.1. The Morgan fingerprint density at radius 3 is 2.25 bits per heavy atom. The van der Waals surface area contributed by atoms with E-state index >= 15 is 0 Å². The number of aliphatic hydroxyl groups excluding tert-OH is 1. The Labute approximate surface area is 97.0 Å². The topological polar surface area (TPSA) is 38.7 Å². The van der Waals surface area contributed by atoms with Crippen molar-refractivity contribution < 1.29 is 14.6 Å². The van der Waals surface area contributed by atoms with E-state index in [1.807, 2.05) is 24.3 Å². The highest BCUT2D eigenvalue weighted by atomic mass is 16.5. The van der Waals surface area contributed by atoms with Gasteiger partial charge in [0.25, 0.3) is 0 Å². The van der Waals surface area contributed by atoms with Gasteiger partial charge in [-0.25, -0.2) is 0 Å². The van der Waals surface area contributed by atoms with Crippen LogP contribution in [0.5, 0.6) is 5.75 Å². The molecule has 0 heterocycles. The minimum atomic E-state index is -0.573. The summed E-state index contributed by atoms with van der Waals surface area (Å²) in [6.45, 7) is 2.08. The third-order valence-electron chi connectivity index (χ3n) is 2.69. The Kier molecular flexibility index (Phi) is 5.29. The zero-order valence-corrected chi connectivity index (χ0v) is 10.1. The van der Waals surface area contributed by atoms with Crippen LogP contribution in [0.2, 0.25) is 0 Å². The highest BCUT2D eigenvalue weighted by Crippen LogP contribution is 2.23. The van der Waals surface area contributed by atoms with Crippen LogP contribution in [0, 0.1) is 0 Å². The minimum absolute atomic E-state index is 0.140. The van der Waals surface area contributed by atoms with E-state index in [0.717, 1.165) is 24.2 Å². The van der Waals surface area contributed by atoms with Gasteiger partial charge in [-0.15, -0.1) is 0 Å². The lowest BCUT2D eigenvalue weighted by Crippen LogP contribution is -2.20. The van der Waals surface area contributed by atoms with E-state index in [9.17, 15) is 5.11 Å². The van der Waals surface area contributed by atoms with E-state index in [0.29, 0.717) is 0 Å². The van der Waals surface area contributed by atoms with Gasteiger partial charge < -0.3 is 14.6 Å². The molecule has 0 amide bonds. The molecule has 1 rings (SSSR count). The highest BCUT2D eigenvalue weighted by molar-refractivity contribution is 5.28. The van der Waals surface area contributed by atoms with Gasteiger partial charge in [0.2, 0.25) is 0 Å². The van der Waals surface area contributed by atoms with Crippen molar-refractivity contribution in [1.29, 1.82) is 0 Å². The lowest BCUT2D eigenvalue weighted by molar-refractivity contribution is -0.0179. The fourth-order valence-corrected chi connectivity index (χ4v) is 1.70. The molecule has 0 bridgehead atoms. The standard InChI is InChI=1S/C13H20O3/c1-4-5-12(16-3)13(14)10-6-8-11(15-2)9-7-10/h6-9,12-14H,4-5H2,1-3H3. The van der Waals surface area contributed by atoms with Crippen LogP contribution in [0.3, 0.4) is 0 Å². The summed E-state index contributed by atoms with van der Waals surface area (Å²) in [5.41, 5.74) is 0.862. The fourth-order valence-electron chi connectivity index (χ4n) is 1.70. The van der Waals surface area contributed by atoms with Crippen LogP contribution in [0.1, 0.15) is 31.4 Å². The molecule has 2 unspecified atom stereocenters. The molecule has 16 heavy (non-hydrogen) atoms. The molecule has 0 radical (unpaired) electrons. The molecular weight excluding hydrogens is 204 g/mol. The molecular formula is C13H20O3. The number of ether oxygens (including phenoxy) is 2. The second-order valence-corrected chi connectivity index (χ2v) is 3.78. The van der Waals surface area contributed by atoms with Crippen molar-refractivity contribution in [2.24, 2.45) is 0 Å². The molecule has 0 saturated heterocycles. The average Bonchev–Trinajstić information content (AvgIpc) is 2.35. The lowest BCUT2D eigenvalue weighted by Gasteiger charge is -2.21. The zero-order valence-electron chi connectivity index (χ0n) is 10.1. The van der Waals surface area contributed by atoms with Crippen molar-refractivity contribution in [2.75, 3.05) is 14.2 Å². The van der Waals surface area contributed by atoms with Gasteiger partial charge in [0.05, 0.1) is 13.2 Å². The Morgan fingerprint density at radius 2 is 1.81 bits per heavy atom. The second-order valence-electron chi connectivity index (χ2n) is 3.78. The predicted molar refractivity (Wildman–Crippen MR) is 63.7 cm³/mol. The Morgan fingerprint density at radius 1 is 1.19 bits per heavy atom. The molecule has 0 saturated carbocycles. The van der Waals surface area contributed by atoms with E-state index in [2.05, 4.69) is 6.92 Å². The third-order valence-corrected chi connectivity index (χ3v) is 2.69. The normalized spacial score (nSPS) is 14.5. The van der Waals surface area contributed by atoms with E-state index in [1.165, 1.54) is 0 Å². The second kappa shape index (κ2) is 6.51. The van der Waals surface area contributed by atoms with E-state index in [4.69, 9.17) is 9.47 Å². The van der Waals surface area contributed by atoms with Crippen molar-refractivity contribution in [3.63, 3.8) is 0 Å². The monoisotopic (exact) mass is 224 g/mol. The highest BCUT2D eigenvalue weighted by Gasteiger charge is 2.19. The summed E-state index contributed by atoms with van der Waals surface area (Å²) in [4.78, 5) is 0. The minimum Gasteiger partial charge on any atom is -0.497 e. The molecule has 1 N–H and O–H groups in total. The molecule has 3 heteroatoms. The van der Waals surface area contributed by atoms with Gasteiger partial charge in [0, 0.05) is 7.11 Å². The summed E-state index contributed by atoms with van der Waals surface area (Å²) >= 11 is 0. The first-order valence-electron chi connectivity index (χ1n) is 5.57. The molecule has 0 fully saturated rings. The summed E-state index contributed by atoms with van der Waals surface area (Å²) in [7, 11) is 3.26. The molecule has 1 aromatic rings. The van der Waals surface area contributed by atoms with Gasteiger partial charge in [-0.2, -0.15) is 0 Å². The Bertz CT molecular complexity index is 295.